The first-order valence-corrected chi connectivity index (χ1v) is 50.8. The molecule has 0 saturated carbocycles. The molecule has 6 heteroatoms. The maximum absolute atomic E-state index is 2.49. The summed E-state index contributed by atoms with van der Waals surface area (Å²) in [5.41, 5.74) is 41.8. The zero-order valence-electron chi connectivity index (χ0n) is 80.1. The van der Waals surface area contributed by atoms with Crippen molar-refractivity contribution in [3.05, 3.63) is 568 Å². The van der Waals surface area contributed by atoms with Crippen LogP contribution < -0.4 is 0 Å². The first-order valence-electron chi connectivity index (χ1n) is 50.8. The van der Waals surface area contributed by atoms with Crippen LogP contribution in [0, 0.1) is 0 Å². The van der Waals surface area contributed by atoms with Crippen molar-refractivity contribution in [1.29, 1.82) is 0 Å². The van der Waals surface area contributed by atoms with Crippen molar-refractivity contribution in [3.63, 3.8) is 0 Å². The molecule has 147 heavy (non-hydrogen) atoms. The van der Waals surface area contributed by atoms with E-state index in [1.54, 1.807) is 0 Å². The van der Waals surface area contributed by atoms with Crippen molar-refractivity contribution in [2.75, 3.05) is 0 Å². The van der Waals surface area contributed by atoms with Crippen LogP contribution in [-0.4, -0.2) is 27.4 Å². The van der Waals surface area contributed by atoms with Gasteiger partial charge in [-0.05, 0) is 287 Å². The van der Waals surface area contributed by atoms with Crippen LogP contribution in [0.15, 0.2) is 546 Å². The maximum atomic E-state index is 2.49. The van der Waals surface area contributed by atoms with E-state index >= 15 is 0 Å². The van der Waals surface area contributed by atoms with Gasteiger partial charge in [-0.1, -0.05) is 364 Å². The molecular weight excluding hydrogens is 1780 g/mol. The number of aromatic nitrogens is 6. The van der Waals surface area contributed by atoms with Gasteiger partial charge in [0.2, 0.25) is 0 Å². The quantitative estimate of drug-likeness (QED) is 0.131. The third kappa shape index (κ3) is 12.8. The van der Waals surface area contributed by atoms with Crippen LogP contribution in [0.1, 0.15) is 22.3 Å². The fourth-order valence-corrected chi connectivity index (χ4v) is 25.3. The molecule has 0 unspecified atom stereocenters. The Morgan fingerprint density at radius 3 is 0.837 bits per heavy atom. The fraction of sp³-hybridized carbons (Fsp3) is 0.00709. The highest BCUT2D eigenvalue weighted by molar-refractivity contribution is 6.25. The van der Waals surface area contributed by atoms with E-state index < -0.39 is 0 Å². The summed E-state index contributed by atoms with van der Waals surface area (Å²) in [6.45, 7) is 0. The number of fused-ring (bicyclic) bond motifs is 32. The highest BCUT2D eigenvalue weighted by Gasteiger charge is 2.52. The minimum Gasteiger partial charge on any atom is -0.309 e. The Hall–Kier alpha value is -19.4. The summed E-state index contributed by atoms with van der Waals surface area (Å²) in [5, 5.41) is 20.2. The normalized spacial score (nSPS) is 12.4. The van der Waals surface area contributed by atoms with E-state index in [0.29, 0.717) is 0 Å². The first-order chi connectivity index (χ1) is 73.0. The lowest BCUT2D eigenvalue weighted by molar-refractivity contribution is 0.792. The Labute approximate surface area is 848 Å². The molecule has 0 N–H and O–H groups in total. The topological polar surface area (TPSA) is 29.6 Å². The molecule has 1 spiro atoms. The average Bonchev–Trinajstić information content (AvgIpc) is 1.50. The van der Waals surface area contributed by atoms with E-state index in [-0.39, 0.29) is 5.41 Å². The molecule has 6 nitrogen and oxygen atoms in total. The summed E-state index contributed by atoms with van der Waals surface area (Å²) >= 11 is 0. The van der Waals surface area contributed by atoms with Gasteiger partial charge in [0.1, 0.15) is 0 Å². The van der Waals surface area contributed by atoms with Gasteiger partial charge in [-0.25, -0.2) is 0 Å². The Balaban J connectivity index is 0.000000103. The molecule has 0 atom stereocenters. The Kier molecular flexibility index (Phi) is 18.9. The number of nitrogens with zero attached hydrogens (tertiary/aromatic N) is 6. The summed E-state index contributed by atoms with van der Waals surface area (Å²) in [5.74, 6) is 0. The second-order valence-electron chi connectivity index (χ2n) is 39.2. The summed E-state index contributed by atoms with van der Waals surface area (Å²) in [4.78, 5) is 0. The van der Waals surface area contributed by atoms with Crippen LogP contribution in [-0.2, 0) is 5.41 Å². The molecule has 0 fully saturated rings. The van der Waals surface area contributed by atoms with E-state index in [1.807, 2.05) is 0 Å². The molecule has 32 rings (SSSR count). The maximum Gasteiger partial charge on any atom is 0.0726 e. The van der Waals surface area contributed by atoms with Crippen LogP contribution >= 0.6 is 0 Å². The number of hydrogen-bond acceptors (Lipinski definition) is 0. The smallest absolute Gasteiger partial charge is 0.0726 e. The molecular formula is C141H90N6. The lowest BCUT2D eigenvalue weighted by Crippen LogP contribution is -2.26. The van der Waals surface area contributed by atoms with Crippen molar-refractivity contribution in [1.82, 2.24) is 27.4 Å². The first kappa shape index (κ1) is 83.4. The molecule has 2 aliphatic carbocycles. The van der Waals surface area contributed by atoms with Crippen LogP contribution in [0.25, 0.3) is 253 Å². The molecule has 0 radical (unpaired) electrons. The van der Waals surface area contributed by atoms with E-state index in [9.17, 15) is 0 Å². The molecule has 0 saturated heterocycles. The summed E-state index contributed by atoms with van der Waals surface area (Å²) in [6.07, 6.45) is 0. The summed E-state index contributed by atoms with van der Waals surface area (Å²) in [7, 11) is 0. The second-order valence-corrected chi connectivity index (χ2v) is 39.2. The third-order valence-electron chi connectivity index (χ3n) is 31.5. The summed E-state index contributed by atoms with van der Waals surface area (Å²) < 4.78 is 14.5. The van der Waals surface area contributed by atoms with Gasteiger partial charge in [0.15, 0.2) is 0 Å². The minimum absolute atomic E-state index is 0.386. The molecule has 24 aromatic carbocycles. The Morgan fingerprint density at radius 2 is 0.401 bits per heavy atom. The number of hydrogen-bond donors (Lipinski definition) is 0. The number of benzene rings is 24. The highest BCUT2D eigenvalue weighted by atomic mass is 15.0. The monoisotopic (exact) mass is 1870 g/mol. The molecule has 0 aliphatic heterocycles. The summed E-state index contributed by atoms with van der Waals surface area (Å²) in [6, 6.07) is 200. The van der Waals surface area contributed by atoms with Gasteiger partial charge in [-0.2, -0.15) is 0 Å². The lowest BCUT2D eigenvalue weighted by Gasteiger charge is -2.30. The van der Waals surface area contributed by atoms with Gasteiger partial charge < -0.3 is 27.4 Å². The molecule has 0 bridgehead atoms. The molecule has 2 aliphatic rings. The second kappa shape index (κ2) is 33.4. The molecule has 0 amide bonds. The van der Waals surface area contributed by atoms with Crippen LogP contribution in [0.4, 0.5) is 0 Å². The van der Waals surface area contributed by atoms with Crippen molar-refractivity contribution >= 4 is 152 Å². The van der Waals surface area contributed by atoms with Crippen molar-refractivity contribution in [2.24, 2.45) is 0 Å². The predicted octanol–water partition coefficient (Wildman–Crippen LogP) is 37.0. The average molecular weight is 1870 g/mol. The number of rotatable bonds is 10. The fourth-order valence-electron chi connectivity index (χ4n) is 25.3. The van der Waals surface area contributed by atoms with Gasteiger partial charge in [-0.3, -0.25) is 0 Å². The zero-order chi connectivity index (χ0) is 96.5. The standard InChI is InChI=1S/C55H34N2.C46H30N2.C40H26N2/c1-2-14-37(15-3-1)56-51-24-12-7-19-43(51)45-32-35(26-30-53(45)56)36-27-31-54-46(33-36)44-20-8-13-25-52(44)57(54)38-28-29-42-41-18-6-11-23-49(41)55(50(42)34-38)47-21-9-4-16-39(47)40-17-5-10-22-48(40)55;1-4-12-31(13-5-1)33-21-24-42-39(28-33)40-29-34(22-25-43(40)47(42)36-15-6-2-7-16-36)35-23-26-44-41(30-35)46-38-19-11-10-14-32(38)20-27-45(46)48(44)37-17-8-3-9-18-37;1-3-13-28(14-4-1)41-37-21-11-9-18-31(37)35-25-27(23-24-39(35)41)34-26-36-32-19-10-12-22-38(32)42(29-15-5-2-6-16-29)40(36)33-20-8-7-17-30(33)34/h1-34H;1-30H;1-26H. The predicted molar refractivity (Wildman–Crippen MR) is 618 cm³/mol. The minimum atomic E-state index is -0.386. The SMILES string of the molecule is c1ccc(-c2ccc3c(c2)c2cc(-c4ccc5c(c4)c4c6ccccc6ccc4n5-c4ccccc4)ccc2n3-c2ccccc2)cc1.c1ccc(-n2c3ccccc3c3cc(-c4cc5c6ccccc6n(-c6ccccc6)c5c5ccccc45)ccc32)cc1.c1ccc(-n2c3ccccc3c3cc(-c4ccc5c(c4)c4ccccc4n5-c4ccc5c(c4)C4(c6ccccc6-c6ccccc64)c4ccccc4-5)ccc32)cc1. The van der Waals surface area contributed by atoms with E-state index in [1.165, 1.54) is 276 Å². The molecule has 6 heterocycles. The molecule has 30 aromatic rings. The van der Waals surface area contributed by atoms with Gasteiger partial charge in [0, 0.05) is 104 Å². The van der Waals surface area contributed by atoms with Gasteiger partial charge in [0.05, 0.1) is 71.6 Å². The number of para-hydroxylation sites is 9. The van der Waals surface area contributed by atoms with E-state index in [2.05, 4.69) is 573 Å². The Bertz CT molecular complexity index is 10600. The van der Waals surface area contributed by atoms with Gasteiger partial charge in [0.25, 0.3) is 0 Å². The van der Waals surface area contributed by atoms with Gasteiger partial charge in [-0.15, -0.1) is 0 Å². The van der Waals surface area contributed by atoms with Crippen LogP contribution in [0.2, 0.25) is 0 Å². The Morgan fingerprint density at radius 1 is 0.122 bits per heavy atom. The van der Waals surface area contributed by atoms with E-state index in [4.69, 9.17) is 0 Å². The van der Waals surface area contributed by atoms with Crippen LogP contribution in [0.3, 0.4) is 0 Å². The van der Waals surface area contributed by atoms with Crippen molar-refractivity contribution in [2.45, 2.75) is 5.41 Å². The van der Waals surface area contributed by atoms with E-state index in [0.717, 1.165) is 0 Å². The largest absolute Gasteiger partial charge is 0.309 e. The van der Waals surface area contributed by atoms with Gasteiger partial charge >= 0.3 is 0 Å². The molecule has 684 valence electrons. The van der Waals surface area contributed by atoms with Crippen molar-refractivity contribution in [3.8, 4) is 101 Å². The van der Waals surface area contributed by atoms with Crippen molar-refractivity contribution < 1.29 is 0 Å². The molecule has 6 aromatic heterocycles. The zero-order valence-corrected chi connectivity index (χ0v) is 80.1. The highest BCUT2D eigenvalue weighted by Crippen LogP contribution is 2.63. The third-order valence-corrected chi connectivity index (χ3v) is 31.5. The lowest BCUT2D eigenvalue weighted by atomic mass is 9.70. The van der Waals surface area contributed by atoms with Crippen LogP contribution in [0.5, 0.6) is 0 Å².